The molecule has 5 rings (SSSR count). The topological polar surface area (TPSA) is 77.1 Å². The predicted octanol–water partition coefficient (Wildman–Crippen LogP) is 8.36. The average Bonchev–Trinajstić information content (AvgIpc) is 3.19. The summed E-state index contributed by atoms with van der Waals surface area (Å²) in [6.07, 6.45) is 4.92. The Morgan fingerprint density at radius 1 is 0.932 bits per heavy atom. The number of para-hydroxylation sites is 3. The van der Waals surface area contributed by atoms with Crippen LogP contribution in [-0.2, 0) is 9.59 Å². The first-order valence-electron chi connectivity index (χ1n) is 15.8. The maximum atomic E-state index is 14.5. The minimum absolute atomic E-state index is 0.000364. The zero-order valence-corrected chi connectivity index (χ0v) is 26.5. The second-order valence-electron chi connectivity index (χ2n) is 11.7. The molecule has 1 aliphatic heterocycles. The molecule has 44 heavy (non-hydrogen) atoms. The predicted molar refractivity (Wildman–Crippen MR) is 175 cm³/mol. The number of nitrogens with one attached hydrogen (secondary N) is 1. The van der Waals surface area contributed by atoms with Gasteiger partial charge in [-0.15, -0.1) is 0 Å². The number of hydrogen-bond donors (Lipinski definition) is 1. The summed E-state index contributed by atoms with van der Waals surface area (Å²) in [4.78, 5) is 30.6. The summed E-state index contributed by atoms with van der Waals surface area (Å²) in [6, 6.07) is 21.0. The van der Waals surface area contributed by atoms with Crippen molar-refractivity contribution < 1.29 is 23.8 Å². The SMILES string of the molecule is CCCCCC(=O)N1c2ccccc2NC2=C(C(=O)C[C@H](c3ccc(OC)c(OC)c3)C2)[C@@H]1c1ccccc1O[C@H](C)CC. The number of nitrogens with zero attached hydrogens (tertiary/aromatic N) is 1. The summed E-state index contributed by atoms with van der Waals surface area (Å²) in [5, 5.41) is 3.63. The quantitative estimate of drug-likeness (QED) is 0.224. The first-order valence-corrected chi connectivity index (χ1v) is 15.8. The number of benzene rings is 3. The van der Waals surface area contributed by atoms with Crippen LogP contribution in [0.3, 0.4) is 0 Å². The van der Waals surface area contributed by atoms with Gasteiger partial charge in [0.05, 0.1) is 37.7 Å². The molecular formula is C37H44N2O5. The molecule has 0 bridgehead atoms. The minimum Gasteiger partial charge on any atom is -0.493 e. The van der Waals surface area contributed by atoms with Crippen molar-refractivity contribution in [2.24, 2.45) is 0 Å². The van der Waals surface area contributed by atoms with Crippen LogP contribution in [0.1, 0.15) is 88.8 Å². The molecule has 0 fully saturated rings. The second-order valence-corrected chi connectivity index (χ2v) is 11.7. The highest BCUT2D eigenvalue weighted by atomic mass is 16.5. The number of ketones is 1. The van der Waals surface area contributed by atoms with Crippen molar-refractivity contribution in [2.75, 3.05) is 24.4 Å². The van der Waals surface area contributed by atoms with E-state index in [2.05, 4.69) is 19.2 Å². The summed E-state index contributed by atoms with van der Waals surface area (Å²) < 4.78 is 17.5. The van der Waals surface area contributed by atoms with Gasteiger partial charge in [0.15, 0.2) is 17.3 Å². The number of rotatable bonds is 11. The number of unbranched alkanes of at least 4 members (excludes halogenated alkanes) is 2. The summed E-state index contributed by atoms with van der Waals surface area (Å²) in [6.45, 7) is 6.26. The van der Waals surface area contributed by atoms with E-state index in [1.54, 1.807) is 14.2 Å². The first-order chi connectivity index (χ1) is 21.4. The van der Waals surface area contributed by atoms with Gasteiger partial charge in [0.2, 0.25) is 5.91 Å². The third-order valence-electron chi connectivity index (χ3n) is 8.75. The Balaban J connectivity index is 1.68. The number of carbonyl (C=O) groups is 2. The monoisotopic (exact) mass is 596 g/mol. The van der Waals surface area contributed by atoms with Gasteiger partial charge in [0.1, 0.15) is 5.75 Å². The van der Waals surface area contributed by atoms with Crippen molar-refractivity contribution >= 4 is 23.1 Å². The lowest BCUT2D eigenvalue weighted by Gasteiger charge is -2.36. The molecule has 0 spiro atoms. The molecule has 232 valence electrons. The van der Waals surface area contributed by atoms with Gasteiger partial charge in [-0.05, 0) is 68.0 Å². The molecule has 0 saturated carbocycles. The van der Waals surface area contributed by atoms with Gasteiger partial charge in [0.25, 0.3) is 0 Å². The van der Waals surface area contributed by atoms with Crippen molar-refractivity contribution in [3.05, 3.63) is 89.1 Å². The van der Waals surface area contributed by atoms with E-state index in [1.165, 1.54) is 0 Å². The van der Waals surface area contributed by atoms with E-state index in [0.29, 0.717) is 42.1 Å². The second kappa shape index (κ2) is 14.0. The zero-order chi connectivity index (χ0) is 31.2. The number of methoxy groups -OCH3 is 2. The number of ether oxygens (including phenoxy) is 3. The Hall–Kier alpha value is -4.26. The molecule has 0 unspecified atom stereocenters. The molecule has 1 N–H and O–H groups in total. The fourth-order valence-electron chi connectivity index (χ4n) is 6.26. The maximum absolute atomic E-state index is 14.5. The molecule has 3 atom stereocenters. The third kappa shape index (κ3) is 6.33. The lowest BCUT2D eigenvalue weighted by atomic mass is 9.78. The number of Topliss-reactive ketones (excluding diaryl/α,β-unsaturated/α-hetero) is 1. The van der Waals surface area contributed by atoms with Crippen LogP contribution in [0.5, 0.6) is 17.2 Å². The summed E-state index contributed by atoms with van der Waals surface area (Å²) >= 11 is 0. The molecule has 0 aromatic heterocycles. The first kappa shape index (κ1) is 31.2. The Morgan fingerprint density at radius 2 is 1.68 bits per heavy atom. The van der Waals surface area contributed by atoms with Crippen LogP contribution in [0.2, 0.25) is 0 Å². The fraction of sp³-hybridized carbons (Fsp3) is 0.405. The van der Waals surface area contributed by atoms with E-state index in [4.69, 9.17) is 14.2 Å². The van der Waals surface area contributed by atoms with E-state index in [9.17, 15) is 9.59 Å². The van der Waals surface area contributed by atoms with Gasteiger partial charge in [-0.25, -0.2) is 0 Å². The molecule has 1 amide bonds. The maximum Gasteiger partial charge on any atom is 0.227 e. The van der Waals surface area contributed by atoms with E-state index in [0.717, 1.165) is 53.9 Å². The van der Waals surface area contributed by atoms with Crippen LogP contribution in [0.15, 0.2) is 78.0 Å². The van der Waals surface area contributed by atoms with Gasteiger partial charge < -0.3 is 19.5 Å². The number of hydrogen-bond acceptors (Lipinski definition) is 6. The van der Waals surface area contributed by atoms with E-state index < -0.39 is 6.04 Å². The summed E-state index contributed by atoms with van der Waals surface area (Å²) in [5.41, 5.74) is 4.87. The Morgan fingerprint density at radius 3 is 2.43 bits per heavy atom. The van der Waals surface area contributed by atoms with Crippen LogP contribution in [0.25, 0.3) is 0 Å². The van der Waals surface area contributed by atoms with E-state index in [1.807, 2.05) is 78.6 Å². The lowest BCUT2D eigenvalue weighted by molar-refractivity contribution is -0.119. The summed E-state index contributed by atoms with van der Waals surface area (Å²) in [5.74, 6) is 1.92. The van der Waals surface area contributed by atoms with Gasteiger partial charge in [-0.2, -0.15) is 0 Å². The Labute approximate surface area is 261 Å². The normalized spacial score (nSPS) is 18.5. The van der Waals surface area contributed by atoms with Gasteiger partial charge in [0, 0.05) is 29.7 Å². The lowest BCUT2D eigenvalue weighted by Crippen LogP contribution is -2.38. The van der Waals surface area contributed by atoms with Gasteiger partial charge >= 0.3 is 0 Å². The highest BCUT2D eigenvalue weighted by molar-refractivity contribution is 6.06. The molecule has 0 saturated heterocycles. The molecule has 3 aromatic carbocycles. The van der Waals surface area contributed by atoms with Crippen LogP contribution < -0.4 is 24.4 Å². The molecule has 1 heterocycles. The standard InChI is InChI=1S/C37H44N2O5/c1-6-8-9-18-35(41)39-30-16-12-11-15-28(30)38-29-21-26(25-19-20-33(42-4)34(23-25)43-5)22-31(40)36(29)37(39)27-14-10-13-17-32(27)44-24(3)7-2/h10-17,19-20,23-24,26,37-38H,6-9,18,21-22H2,1-5H3/t24-,26-,37+/m1/s1. The number of allylic oxidation sites excluding steroid dienone is 1. The van der Waals surface area contributed by atoms with Crippen molar-refractivity contribution in [1.29, 1.82) is 0 Å². The molecule has 7 nitrogen and oxygen atoms in total. The van der Waals surface area contributed by atoms with Crippen LogP contribution in [0.4, 0.5) is 11.4 Å². The molecule has 1 aliphatic carbocycles. The van der Waals surface area contributed by atoms with Gasteiger partial charge in [-0.3, -0.25) is 14.5 Å². The van der Waals surface area contributed by atoms with Crippen molar-refractivity contribution in [3.63, 3.8) is 0 Å². The number of amides is 1. The van der Waals surface area contributed by atoms with Gasteiger partial charge in [-0.1, -0.05) is 63.1 Å². The van der Waals surface area contributed by atoms with E-state index >= 15 is 0 Å². The number of fused-ring (bicyclic) bond motifs is 1. The molecule has 0 radical (unpaired) electrons. The van der Waals surface area contributed by atoms with Crippen molar-refractivity contribution in [3.8, 4) is 17.2 Å². The molecule has 7 heteroatoms. The van der Waals surface area contributed by atoms with Crippen LogP contribution in [0, 0.1) is 0 Å². The largest absolute Gasteiger partial charge is 0.493 e. The molecule has 3 aromatic rings. The van der Waals surface area contributed by atoms with Crippen LogP contribution in [-0.4, -0.2) is 32.0 Å². The highest BCUT2D eigenvalue weighted by Gasteiger charge is 2.42. The number of anilines is 2. The Bertz CT molecular complexity index is 1530. The van der Waals surface area contributed by atoms with E-state index in [-0.39, 0.29) is 23.7 Å². The zero-order valence-electron chi connectivity index (χ0n) is 26.5. The van der Waals surface area contributed by atoms with Crippen LogP contribution >= 0.6 is 0 Å². The fourth-order valence-corrected chi connectivity index (χ4v) is 6.26. The number of carbonyl (C=O) groups excluding carboxylic acids is 2. The average molecular weight is 597 g/mol. The highest BCUT2D eigenvalue weighted by Crippen LogP contribution is 2.49. The minimum atomic E-state index is -0.630. The van der Waals surface area contributed by atoms with Crippen molar-refractivity contribution in [2.45, 2.75) is 83.8 Å². The van der Waals surface area contributed by atoms with Crippen molar-refractivity contribution in [1.82, 2.24) is 0 Å². The molecule has 2 aliphatic rings. The molecular weight excluding hydrogens is 552 g/mol. The third-order valence-corrected chi connectivity index (χ3v) is 8.75. The Kier molecular flexibility index (Phi) is 9.93. The smallest absolute Gasteiger partial charge is 0.227 e. The summed E-state index contributed by atoms with van der Waals surface area (Å²) in [7, 11) is 3.23.